The van der Waals surface area contributed by atoms with Crippen LogP contribution in [-0.2, 0) is 16.0 Å². The van der Waals surface area contributed by atoms with Gasteiger partial charge in [-0.25, -0.2) is 4.79 Å². The highest BCUT2D eigenvalue weighted by Gasteiger charge is 2.09. The number of aryl methyl sites for hydroxylation is 1. The zero-order chi connectivity index (χ0) is 13.4. The lowest BCUT2D eigenvalue weighted by molar-refractivity contribution is -0.137. The molecule has 0 bridgehead atoms. The van der Waals surface area contributed by atoms with Crippen molar-refractivity contribution in [2.75, 3.05) is 6.61 Å². The van der Waals surface area contributed by atoms with Crippen LogP contribution >= 0.6 is 0 Å². The minimum absolute atomic E-state index is 0.349. The topological polar surface area (TPSA) is 66.8 Å². The van der Waals surface area contributed by atoms with E-state index in [9.17, 15) is 4.79 Å². The van der Waals surface area contributed by atoms with Gasteiger partial charge in [-0.1, -0.05) is 30.8 Å². The quantitative estimate of drug-likeness (QED) is 0.442. The van der Waals surface area contributed by atoms with E-state index < -0.39 is 12.3 Å². The summed E-state index contributed by atoms with van der Waals surface area (Å²) in [7, 11) is 0. The second kappa shape index (κ2) is 7.63. The molecule has 97 valence electrons. The predicted molar refractivity (Wildman–Crippen MR) is 66.8 cm³/mol. The second-order valence-electron chi connectivity index (χ2n) is 3.81. The molecule has 0 aromatic heterocycles. The number of hydrogen-bond acceptors (Lipinski definition) is 4. The molecule has 2 N–H and O–H groups in total. The SMILES string of the molecule is C=CC(=O)OCCCCc1ccccc1[C](O)O. The third-order valence-corrected chi connectivity index (χ3v) is 2.51. The number of esters is 1. The number of carbonyl (C=O) groups is 1. The Labute approximate surface area is 107 Å². The van der Waals surface area contributed by atoms with Crippen molar-refractivity contribution < 1.29 is 19.7 Å². The van der Waals surface area contributed by atoms with Gasteiger partial charge in [-0.15, -0.1) is 0 Å². The molecule has 1 aromatic rings. The highest BCUT2D eigenvalue weighted by atomic mass is 16.5. The van der Waals surface area contributed by atoms with E-state index in [1.165, 1.54) is 0 Å². The lowest BCUT2D eigenvalue weighted by atomic mass is 10.0. The number of carbonyl (C=O) groups excluding carboxylic acids is 1. The lowest BCUT2D eigenvalue weighted by Crippen LogP contribution is -2.04. The molecule has 0 aliphatic carbocycles. The van der Waals surface area contributed by atoms with Crippen LogP contribution in [0.4, 0.5) is 0 Å². The van der Waals surface area contributed by atoms with Crippen LogP contribution in [0.2, 0.25) is 0 Å². The molecule has 0 spiro atoms. The largest absolute Gasteiger partial charge is 0.463 e. The van der Waals surface area contributed by atoms with Crippen molar-refractivity contribution in [2.45, 2.75) is 19.3 Å². The Bertz CT molecular complexity index is 399. The van der Waals surface area contributed by atoms with Gasteiger partial charge >= 0.3 is 5.97 Å². The van der Waals surface area contributed by atoms with Gasteiger partial charge in [-0.05, 0) is 24.8 Å². The Balaban J connectivity index is 2.35. The summed E-state index contributed by atoms with van der Waals surface area (Å²) >= 11 is 0. The fourth-order valence-corrected chi connectivity index (χ4v) is 1.61. The number of ether oxygens (including phenoxy) is 1. The molecule has 0 saturated heterocycles. The van der Waals surface area contributed by atoms with Crippen molar-refractivity contribution in [1.29, 1.82) is 0 Å². The van der Waals surface area contributed by atoms with Crippen LogP contribution in [0.1, 0.15) is 24.0 Å². The summed E-state index contributed by atoms with van der Waals surface area (Å²) in [5, 5.41) is 18.2. The summed E-state index contributed by atoms with van der Waals surface area (Å²) in [5.41, 5.74) is 1.31. The molecule has 4 nitrogen and oxygen atoms in total. The average molecular weight is 249 g/mol. The van der Waals surface area contributed by atoms with Crippen LogP contribution in [0.15, 0.2) is 36.9 Å². The summed E-state index contributed by atoms with van der Waals surface area (Å²) in [6.45, 7) is 3.65. The van der Waals surface area contributed by atoms with Crippen LogP contribution in [0, 0.1) is 6.29 Å². The number of aliphatic hydroxyl groups excluding tert-OH is 1. The Hall–Kier alpha value is -1.65. The minimum Gasteiger partial charge on any atom is -0.463 e. The molecule has 0 saturated carbocycles. The number of benzene rings is 1. The highest BCUT2D eigenvalue weighted by Crippen LogP contribution is 2.17. The summed E-state index contributed by atoms with van der Waals surface area (Å²) in [5.74, 6) is -0.420. The molecule has 0 unspecified atom stereocenters. The Kier molecular flexibility index (Phi) is 6.11. The summed E-state index contributed by atoms with van der Waals surface area (Å²) in [6.07, 6.45) is 2.69. The Morgan fingerprint density at radius 3 is 2.67 bits per heavy atom. The molecule has 0 amide bonds. The zero-order valence-electron chi connectivity index (χ0n) is 10.1. The van der Waals surface area contributed by atoms with Crippen LogP contribution in [0.25, 0.3) is 0 Å². The van der Waals surface area contributed by atoms with Crippen molar-refractivity contribution in [2.24, 2.45) is 0 Å². The van der Waals surface area contributed by atoms with Gasteiger partial charge < -0.3 is 14.9 Å². The van der Waals surface area contributed by atoms with Crippen molar-refractivity contribution in [3.8, 4) is 0 Å². The van der Waals surface area contributed by atoms with Crippen molar-refractivity contribution >= 4 is 5.97 Å². The second-order valence-corrected chi connectivity index (χ2v) is 3.81. The molecule has 1 rings (SSSR count). The third-order valence-electron chi connectivity index (χ3n) is 2.51. The first kappa shape index (κ1) is 14.4. The first-order valence-electron chi connectivity index (χ1n) is 5.77. The maximum Gasteiger partial charge on any atom is 0.330 e. The summed E-state index contributed by atoms with van der Waals surface area (Å²) in [4.78, 5) is 10.8. The Morgan fingerprint density at radius 2 is 2.00 bits per heavy atom. The van der Waals surface area contributed by atoms with Gasteiger partial charge in [-0.3, -0.25) is 0 Å². The predicted octanol–water partition coefficient (Wildman–Crippen LogP) is 2.32. The molecule has 0 aliphatic heterocycles. The first-order valence-corrected chi connectivity index (χ1v) is 5.77. The van der Waals surface area contributed by atoms with E-state index in [1.54, 1.807) is 12.1 Å². The number of unbranched alkanes of at least 4 members (excludes halogenated alkanes) is 1. The normalized spacial score (nSPS) is 10.4. The molecular formula is C14H17O4. The van der Waals surface area contributed by atoms with Crippen LogP contribution < -0.4 is 0 Å². The van der Waals surface area contributed by atoms with Gasteiger partial charge in [0.05, 0.1) is 6.61 Å². The van der Waals surface area contributed by atoms with Crippen molar-refractivity contribution in [3.63, 3.8) is 0 Å². The molecule has 0 fully saturated rings. The minimum atomic E-state index is -0.663. The van der Waals surface area contributed by atoms with Crippen molar-refractivity contribution in [1.82, 2.24) is 0 Å². The van der Waals surface area contributed by atoms with E-state index in [0.717, 1.165) is 24.5 Å². The molecule has 0 heterocycles. The Morgan fingerprint density at radius 1 is 1.28 bits per heavy atom. The number of rotatable bonds is 7. The lowest BCUT2D eigenvalue weighted by Gasteiger charge is -2.09. The van der Waals surface area contributed by atoms with E-state index in [-0.39, 0.29) is 0 Å². The van der Waals surface area contributed by atoms with E-state index in [1.807, 2.05) is 12.1 Å². The van der Waals surface area contributed by atoms with Gasteiger partial charge in [0, 0.05) is 11.6 Å². The van der Waals surface area contributed by atoms with Gasteiger partial charge in [0.2, 0.25) is 0 Å². The maximum atomic E-state index is 10.8. The monoisotopic (exact) mass is 249 g/mol. The average Bonchev–Trinajstić information content (AvgIpc) is 2.38. The van der Waals surface area contributed by atoms with Gasteiger partial charge in [0.25, 0.3) is 6.29 Å². The molecule has 1 aromatic carbocycles. The standard InChI is InChI=1S/C14H17O4/c1-2-13(15)18-10-6-5-8-11-7-3-4-9-12(11)14(16)17/h2-4,7,9,16-17H,1,5-6,8,10H2. The molecule has 0 atom stereocenters. The number of hydrogen-bond donors (Lipinski definition) is 2. The van der Waals surface area contributed by atoms with Crippen LogP contribution in [0.3, 0.4) is 0 Å². The molecule has 18 heavy (non-hydrogen) atoms. The van der Waals surface area contributed by atoms with Gasteiger partial charge in [-0.2, -0.15) is 0 Å². The molecule has 0 aliphatic rings. The summed E-state index contributed by atoms with van der Waals surface area (Å²) < 4.78 is 4.85. The van der Waals surface area contributed by atoms with Crippen LogP contribution in [0.5, 0.6) is 0 Å². The number of aliphatic hydroxyl groups is 2. The van der Waals surface area contributed by atoms with E-state index in [2.05, 4.69) is 6.58 Å². The fourth-order valence-electron chi connectivity index (χ4n) is 1.61. The summed E-state index contributed by atoms with van der Waals surface area (Å²) in [6, 6.07) is 7.09. The van der Waals surface area contributed by atoms with E-state index in [0.29, 0.717) is 18.6 Å². The zero-order valence-corrected chi connectivity index (χ0v) is 10.1. The van der Waals surface area contributed by atoms with Crippen LogP contribution in [-0.4, -0.2) is 22.8 Å². The third kappa shape index (κ3) is 4.69. The highest BCUT2D eigenvalue weighted by molar-refractivity contribution is 5.81. The maximum absolute atomic E-state index is 10.8. The molecule has 4 heteroatoms. The van der Waals surface area contributed by atoms with Gasteiger partial charge in [0.1, 0.15) is 0 Å². The molecule has 1 radical (unpaired) electrons. The fraction of sp³-hybridized carbons (Fsp3) is 0.286. The van der Waals surface area contributed by atoms with Crippen molar-refractivity contribution in [3.05, 3.63) is 54.3 Å². The molecular weight excluding hydrogens is 232 g/mol. The van der Waals surface area contributed by atoms with Gasteiger partial charge in [0.15, 0.2) is 0 Å². The smallest absolute Gasteiger partial charge is 0.330 e. The van der Waals surface area contributed by atoms with E-state index >= 15 is 0 Å². The first-order chi connectivity index (χ1) is 8.65. The van der Waals surface area contributed by atoms with E-state index in [4.69, 9.17) is 14.9 Å².